The Kier molecular flexibility index (Phi) is 4.52. The minimum Gasteiger partial charge on any atom is -0.386 e. The van der Waals surface area contributed by atoms with E-state index in [1.54, 1.807) is 25.4 Å². The predicted octanol–water partition coefficient (Wildman–Crippen LogP) is 1.51. The highest BCUT2D eigenvalue weighted by molar-refractivity contribution is 5.40. The van der Waals surface area contributed by atoms with E-state index in [4.69, 9.17) is 10.5 Å². The Labute approximate surface area is 90.1 Å². The average Bonchev–Trinajstić information content (AvgIpc) is 2.25. The van der Waals surface area contributed by atoms with Gasteiger partial charge in [0.05, 0.1) is 6.10 Å². The second kappa shape index (κ2) is 5.68. The van der Waals surface area contributed by atoms with Gasteiger partial charge in [0, 0.05) is 18.9 Å². The molecule has 3 N–H and O–H groups in total. The van der Waals surface area contributed by atoms with Crippen LogP contribution in [-0.4, -0.2) is 23.3 Å². The molecule has 15 heavy (non-hydrogen) atoms. The molecule has 1 heterocycles. The number of anilines is 1. The topological polar surface area (TPSA) is 68.4 Å². The van der Waals surface area contributed by atoms with E-state index in [9.17, 15) is 5.11 Å². The third-order valence-electron chi connectivity index (χ3n) is 2.42. The van der Waals surface area contributed by atoms with Gasteiger partial charge < -0.3 is 15.6 Å². The maximum Gasteiger partial charge on any atom is 0.129 e. The maximum atomic E-state index is 10.0. The van der Waals surface area contributed by atoms with Crippen molar-refractivity contribution in [1.82, 2.24) is 4.98 Å². The number of pyridine rings is 1. The second-order valence-electron chi connectivity index (χ2n) is 3.49. The number of hydrogen-bond donors (Lipinski definition) is 2. The molecule has 0 saturated carbocycles. The third kappa shape index (κ3) is 2.91. The summed E-state index contributed by atoms with van der Waals surface area (Å²) >= 11 is 0. The summed E-state index contributed by atoms with van der Waals surface area (Å²) in [5.41, 5.74) is 6.32. The van der Waals surface area contributed by atoms with E-state index >= 15 is 0 Å². The minimum atomic E-state index is -0.705. The lowest BCUT2D eigenvalue weighted by Crippen LogP contribution is -2.21. The van der Waals surface area contributed by atoms with Crippen LogP contribution in [0.1, 0.15) is 31.4 Å². The zero-order valence-corrected chi connectivity index (χ0v) is 9.18. The van der Waals surface area contributed by atoms with Gasteiger partial charge in [-0.2, -0.15) is 0 Å². The highest BCUT2D eigenvalue weighted by Gasteiger charge is 2.21. The van der Waals surface area contributed by atoms with Crippen LogP contribution in [0, 0.1) is 0 Å². The fourth-order valence-corrected chi connectivity index (χ4v) is 1.57. The summed E-state index contributed by atoms with van der Waals surface area (Å²) in [4.78, 5) is 3.94. The molecule has 0 fully saturated rings. The van der Waals surface area contributed by atoms with Crippen molar-refractivity contribution < 1.29 is 9.84 Å². The molecule has 1 rings (SSSR count). The van der Waals surface area contributed by atoms with E-state index in [0.29, 0.717) is 11.4 Å². The number of methoxy groups -OCH3 is 1. The molecule has 0 radical (unpaired) electrons. The molecule has 0 amide bonds. The van der Waals surface area contributed by atoms with E-state index < -0.39 is 6.10 Å². The monoisotopic (exact) mass is 210 g/mol. The molecular weight excluding hydrogens is 192 g/mol. The first-order chi connectivity index (χ1) is 7.20. The van der Waals surface area contributed by atoms with Gasteiger partial charge in [-0.15, -0.1) is 0 Å². The first-order valence-electron chi connectivity index (χ1n) is 5.12. The Balaban J connectivity index is 2.82. The summed E-state index contributed by atoms with van der Waals surface area (Å²) in [5, 5.41) is 10.0. The number of aliphatic hydroxyl groups is 1. The van der Waals surface area contributed by atoms with Crippen LogP contribution in [0.4, 0.5) is 5.82 Å². The van der Waals surface area contributed by atoms with E-state index in [-0.39, 0.29) is 6.10 Å². The molecule has 2 atom stereocenters. The number of hydrogen-bond acceptors (Lipinski definition) is 4. The first-order valence-corrected chi connectivity index (χ1v) is 5.12. The molecule has 4 nitrogen and oxygen atoms in total. The van der Waals surface area contributed by atoms with Crippen LogP contribution in [0.15, 0.2) is 18.3 Å². The van der Waals surface area contributed by atoms with Crippen molar-refractivity contribution in [1.29, 1.82) is 0 Å². The summed E-state index contributed by atoms with van der Waals surface area (Å²) < 4.78 is 5.23. The van der Waals surface area contributed by atoms with Gasteiger partial charge in [-0.1, -0.05) is 19.4 Å². The van der Waals surface area contributed by atoms with Gasteiger partial charge in [-0.25, -0.2) is 4.98 Å². The molecule has 0 bridgehead atoms. The molecule has 4 heteroatoms. The molecule has 2 unspecified atom stereocenters. The largest absolute Gasteiger partial charge is 0.386 e. The van der Waals surface area contributed by atoms with Gasteiger partial charge in [-0.3, -0.25) is 0 Å². The molecular formula is C11H18N2O2. The van der Waals surface area contributed by atoms with Crippen molar-refractivity contribution in [3.05, 3.63) is 23.9 Å². The Morgan fingerprint density at radius 2 is 2.33 bits per heavy atom. The Morgan fingerprint density at radius 3 is 2.87 bits per heavy atom. The normalized spacial score (nSPS) is 14.9. The van der Waals surface area contributed by atoms with Gasteiger partial charge in [-0.05, 0) is 12.5 Å². The van der Waals surface area contributed by atoms with Gasteiger partial charge in [0.1, 0.15) is 11.9 Å². The van der Waals surface area contributed by atoms with Crippen LogP contribution in [0.5, 0.6) is 0 Å². The quantitative estimate of drug-likeness (QED) is 0.773. The highest BCUT2D eigenvalue weighted by Crippen LogP contribution is 2.25. The van der Waals surface area contributed by atoms with E-state index in [1.807, 2.05) is 6.92 Å². The minimum absolute atomic E-state index is 0.221. The fourth-order valence-electron chi connectivity index (χ4n) is 1.57. The standard InChI is InChI=1S/C11H18N2O2/c1-3-5-9(15-2)10(14)8-6-4-7-13-11(8)12/h4,6-7,9-10,14H,3,5H2,1-2H3,(H2,12,13). The lowest BCUT2D eigenvalue weighted by atomic mass is 10.0. The highest BCUT2D eigenvalue weighted by atomic mass is 16.5. The second-order valence-corrected chi connectivity index (χ2v) is 3.49. The van der Waals surface area contributed by atoms with E-state index in [1.165, 1.54) is 0 Å². The van der Waals surface area contributed by atoms with Crippen LogP contribution in [0.3, 0.4) is 0 Å². The smallest absolute Gasteiger partial charge is 0.129 e. The number of nitrogens with two attached hydrogens (primary N) is 1. The number of ether oxygens (including phenoxy) is 1. The lowest BCUT2D eigenvalue weighted by molar-refractivity contribution is -0.0177. The zero-order valence-electron chi connectivity index (χ0n) is 9.18. The predicted molar refractivity (Wildman–Crippen MR) is 59.3 cm³/mol. The van der Waals surface area contributed by atoms with Crippen LogP contribution in [0.2, 0.25) is 0 Å². The molecule has 0 spiro atoms. The molecule has 0 aliphatic carbocycles. The summed E-state index contributed by atoms with van der Waals surface area (Å²) in [6.07, 6.45) is 2.43. The Hall–Kier alpha value is -1.13. The van der Waals surface area contributed by atoms with Crippen LogP contribution < -0.4 is 5.73 Å². The SMILES string of the molecule is CCCC(OC)C(O)c1cccnc1N. The fraction of sp³-hybridized carbons (Fsp3) is 0.545. The number of nitrogens with zero attached hydrogens (tertiary/aromatic N) is 1. The third-order valence-corrected chi connectivity index (χ3v) is 2.42. The number of aromatic nitrogens is 1. The summed E-state index contributed by atoms with van der Waals surface area (Å²) in [6.45, 7) is 2.05. The Morgan fingerprint density at radius 1 is 1.60 bits per heavy atom. The van der Waals surface area contributed by atoms with Gasteiger partial charge in [0.2, 0.25) is 0 Å². The number of nitrogen functional groups attached to an aromatic ring is 1. The van der Waals surface area contributed by atoms with Crippen molar-refractivity contribution in [2.45, 2.75) is 32.0 Å². The molecule has 0 aliphatic heterocycles. The van der Waals surface area contributed by atoms with Crippen LogP contribution >= 0.6 is 0 Å². The van der Waals surface area contributed by atoms with Gasteiger partial charge in [0.15, 0.2) is 0 Å². The van der Waals surface area contributed by atoms with Gasteiger partial charge in [0.25, 0.3) is 0 Å². The molecule has 1 aromatic rings. The van der Waals surface area contributed by atoms with Crippen LogP contribution in [-0.2, 0) is 4.74 Å². The van der Waals surface area contributed by atoms with Crippen molar-refractivity contribution in [3.63, 3.8) is 0 Å². The summed E-state index contributed by atoms with van der Waals surface area (Å²) in [5.74, 6) is 0.364. The molecule has 0 saturated heterocycles. The van der Waals surface area contributed by atoms with Crippen molar-refractivity contribution in [2.75, 3.05) is 12.8 Å². The average molecular weight is 210 g/mol. The number of aliphatic hydroxyl groups excluding tert-OH is 1. The maximum absolute atomic E-state index is 10.0. The van der Waals surface area contributed by atoms with Crippen molar-refractivity contribution >= 4 is 5.82 Å². The van der Waals surface area contributed by atoms with Crippen LogP contribution in [0.25, 0.3) is 0 Å². The van der Waals surface area contributed by atoms with Crippen molar-refractivity contribution in [3.8, 4) is 0 Å². The summed E-state index contributed by atoms with van der Waals surface area (Å²) in [7, 11) is 1.59. The zero-order chi connectivity index (χ0) is 11.3. The van der Waals surface area contributed by atoms with Gasteiger partial charge >= 0.3 is 0 Å². The van der Waals surface area contributed by atoms with E-state index in [0.717, 1.165) is 12.8 Å². The van der Waals surface area contributed by atoms with E-state index in [2.05, 4.69) is 4.98 Å². The molecule has 0 aromatic carbocycles. The summed E-state index contributed by atoms with van der Waals surface area (Å²) in [6, 6.07) is 3.53. The lowest BCUT2D eigenvalue weighted by Gasteiger charge is -2.21. The molecule has 0 aliphatic rings. The first kappa shape index (κ1) is 11.9. The number of rotatable bonds is 5. The Bertz CT molecular complexity index is 304. The molecule has 1 aromatic heterocycles. The van der Waals surface area contributed by atoms with Crippen molar-refractivity contribution in [2.24, 2.45) is 0 Å². The molecule has 84 valence electrons.